The summed E-state index contributed by atoms with van der Waals surface area (Å²) in [5.41, 5.74) is 3.11. The maximum atomic E-state index is 13.1. The lowest BCUT2D eigenvalue weighted by Gasteiger charge is -2.38. The first-order chi connectivity index (χ1) is 15.1. The number of methoxy groups -OCH3 is 1. The highest BCUT2D eigenvalue weighted by Gasteiger charge is 2.44. The van der Waals surface area contributed by atoms with Gasteiger partial charge in [0.2, 0.25) is 10.0 Å². The number of nitrogens with zero attached hydrogens (tertiary/aromatic N) is 3. The molecule has 8 heteroatoms. The van der Waals surface area contributed by atoms with E-state index in [-0.39, 0.29) is 15.7 Å². The monoisotopic (exact) mass is 461 g/mol. The van der Waals surface area contributed by atoms with Crippen LogP contribution >= 0.6 is 0 Å². The highest BCUT2D eigenvalue weighted by atomic mass is 32.2. The van der Waals surface area contributed by atoms with Gasteiger partial charge in [0.1, 0.15) is 10.6 Å². The number of benzene rings is 1. The molecule has 2 aliphatic rings. The summed E-state index contributed by atoms with van der Waals surface area (Å²) < 4.78 is 38.4. The molecular formula is C24H35N3O4S. The summed E-state index contributed by atoms with van der Waals surface area (Å²) in [4.78, 5) is 2.68. The first-order valence-electron chi connectivity index (χ1n) is 11.4. The van der Waals surface area contributed by atoms with E-state index >= 15 is 0 Å². The minimum atomic E-state index is -3.56. The van der Waals surface area contributed by atoms with E-state index in [1.807, 2.05) is 0 Å². The van der Waals surface area contributed by atoms with E-state index in [0.717, 1.165) is 32.4 Å². The number of aryl methyl sites for hydroxylation is 2. The molecule has 2 saturated heterocycles. The Morgan fingerprint density at radius 2 is 1.72 bits per heavy atom. The quantitative estimate of drug-likeness (QED) is 0.650. The summed E-state index contributed by atoms with van der Waals surface area (Å²) in [7, 11) is -1.82. The molecule has 1 aromatic carbocycles. The molecule has 0 bridgehead atoms. The van der Waals surface area contributed by atoms with Crippen molar-refractivity contribution in [3.05, 3.63) is 41.3 Å². The normalized spacial score (nSPS) is 19.7. The Morgan fingerprint density at radius 1 is 1.09 bits per heavy atom. The Balaban J connectivity index is 1.41. The second kappa shape index (κ2) is 8.47. The smallest absolute Gasteiger partial charge is 0.248 e. The average Bonchev–Trinajstić information content (AvgIpc) is 3.32. The molecule has 2 aliphatic heterocycles. The van der Waals surface area contributed by atoms with Crippen molar-refractivity contribution in [1.82, 2.24) is 9.46 Å². The predicted octanol–water partition coefficient (Wildman–Crippen LogP) is 3.90. The van der Waals surface area contributed by atoms with Gasteiger partial charge in [-0.3, -0.25) is 0 Å². The number of ether oxygens (including phenoxy) is 1. The van der Waals surface area contributed by atoms with E-state index in [2.05, 4.69) is 48.2 Å². The first-order valence-corrected chi connectivity index (χ1v) is 12.8. The van der Waals surface area contributed by atoms with Crippen molar-refractivity contribution in [3.8, 4) is 0 Å². The number of aromatic nitrogens is 1. The second-order valence-electron chi connectivity index (χ2n) is 10.1. The van der Waals surface area contributed by atoms with Crippen LogP contribution in [0, 0.1) is 19.3 Å². The van der Waals surface area contributed by atoms with Gasteiger partial charge in [0.05, 0.1) is 6.61 Å². The molecule has 0 radical (unpaired) electrons. The fourth-order valence-corrected chi connectivity index (χ4v) is 7.04. The van der Waals surface area contributed by atoms with Crippen LogP contribution in [0.4, 0.5) is 5.69 Å². The SMILES string of the molecule is COCC(C)(C)c1ccc(N2CCC3(CCN(S(=O)(=O)c4c(C)noc4C)CC3)C2)cc1. The molecule has 2 aromatic rings. The Morgan fingerprint density at radius 3 is 2.28 bits per heavy atom. The Labute approximate surface area is 191 Å². The van der Waals surface area contributed by atoms with E-state index < -0.39 is 10.0 Å². The van der Waals surface area contributed by atoms with Crippen LogP contribution in [0.25, 0.3) is 0 Å². The fourth-order valence-electron chi connectivity index (χ4n) is 5.30. The van der Waals surface area contributed by atoms with Gasteiger partial charge >= 0.3 is 0 Å². The van der Waals surface area contributed by atoms with Crippen molar-refractivity contribution in [1.29, 1.82) is 0 Å². The van der Waals surface area contributed by atoms with Crippen LogP contribution in [-0.2, 0) is 20.2 Å². The lowest BCUT2D eigenvalue weighted by atomic mass is 9.78. The summed E-state index contributed by atoms with van der Waals surface area (Å²) in [5.74, 6) is 0.368. The van der Waals surface area contributed by atoms with Gasteiger partial charge in [-0.25, -0.2) is 8.42 Å². The van der Waals surface area contributed by atoms with Crippen LogP contribution in [-0.4, -0.2) is 57.8 Å². The van der Waals surface area contributed by atoms with E-state index in [0.29, 0.717) is 31.2 Å². The van der Waals surface area contributed by atoms with Crippen LogP contribution in [0.5, 0.6) is 0 Å². The molecule has 4 rings (SSSR count). The number of sulfonamides is 1. The third kappa shape index (κ3) is 4.20. The molecule has 1 aromatic heterocycles. The zero-order valence-electron chi connectivity index (χ0n) is 19.8. The maximum Gasteiger partial charge on any atom is 0.248 e. The molecular weight excluding hydrogens is 426 g/mol. The molecule has 176 valence electrons. The zero-order valence-corrected chi connectivity index (χ0v) is 20.7. The van der Waals surface area contributed by atoms with Crippen LogP contribution in [0.3, 0.4) is 0 Å². The minimum absolute atomic E-state index is 0.0148. The third-order valence-corrected chi connectivity index (χ3v) is 9.45. The number of anilines is 1. The van der Waals surface area contributed by atoms with Gasteiger partial charge in [-0.2, -0.15) is 4.31 Å². The van der Waals surface area contributed by atoms with Crippen LogP contribution in [0.2, 0.25) is 0 Å². The summed E-state index contributed by atoms with van der Waals surface area (Å²) in [6.07, 6.45) is 2.86. The lowest BCUT2D eigenvalue weighted by Crippen LogP contribution is -2.44. The van der Waals surface area contributed by atoms with Gasteiger partial charge in [0.15, 0.2) is 5.76 Å². The highest BCUT2D eigenvalue weighted by Crippen LogP contribution is 2.43. The van der Waals surface area contributed by atoms with Crippen molar-refractivity contribution in [2.24, 2.45) is 5.41 Å². The maximum absolute atomic E-state index is 13.1. The van der Waals surface area contributed by atoms with E-state index in [9.17, 15) is 8.42 Å². The highest BCUT2D eigenvalue weighted by molar-refractivity contribution is 7.89. The molecule has 7 nitrogen and oxygen atoms in total. The Bertz CT molecular complexity index is 1030. The largest absolute Gasteiger partial charge is 0.384 e. The molecule has 0 atom stereocenters. The molecule has 3 heterocycles. The van der Waals surface area contributed by atoms with Crippen LogP contribution in [0.1, 0.15) is 50.1 Å². The number of hydrogen-bond donors (Lipinski definition) is 0. The zero-order chi connectivity index (χ0) is 23.1. The van der Waals surface area contributed by atoms with Gasteiger partial charge in [0.25, 0.3) is 0 Å². The van der Waals surface area contributed by atoms with Gasteiger partial charge in [0, 0.05) is 44.4 Å². The number of rotatable bonds is 6. The third-order valence-electron chi connectivity index (χ3n) is 7.31. The topological polar surface area (TPSA) is 75.9 Å². The molecule has 0 unspecified atom stereocenters. The first kappa shape index (κ1) is 23.3. The van der Waals surface area contributed by atoms with Crippen molar-refractivity contribution < 1.29 is 17.7 Å². The van der Waals surface area contributed by atoms with Crippen LogP contribution in [0.15, 0.2) is 33.7 Å². The van der Waals surface area contributed by atoms with E-state index in [1.165, 1.54) is 11.3 Å². The van der Waals surface area contributed by atoms with E-state index in [4.69, 9.17) is 9.26 Å². The molecule has 0 saturated carbocycles. The summed E-state index contributed by atoms with van der Waals surface area (Å²) >= 11 is 0. The molecule has 32 heavy (non-hydrogen) atoms. The van der Waals surface area contributed by atoms with Crippen molar-refractivity contribution >= 4 is 15.7 Å². The van der Waals surface area contributed by atoms with Gasteiger partial charge < -0.3 is 14.2 Å². The Kier molecular flexibility index (Phi) is 6.15. The molecule has 0 N–H and O–H groups in total. The van der Waals surface area contributed by atoms with Gasteiger partial charge in [-0.15, -0.1) is 0 Å². The van der Waals surface area contributed by atoms with Crippen LogP contribution < -0.4 is 4.90 Å². The fraction of sp³-hybridized carbons (Fsp3) is 0.625. The number of piperidine rings is 1. The van der Waals surface area contributed by atoms with Crippen molar-refractivity contribution in [2.75, 3.05) is 44.8 Å². The van der Waals surface area contributed by atoms with Gasteiger partial charge in [-0.05, 0) is 56.2 Å². The van der Waals surface area contributed by atoms with E-state index in [1.54, 1.807) is 25.3 Å². The standard InChI is InChI=1S/C24H35N3O4S/c1-18-22(19(2)31-25-18)32(28,29)27-14-11-24(12-15-27)10-13-26(16-24)21-8-6-20(7-9-21)23(3,4)17-30-5/h6-9H,10-17H2,1-5H3. The predicted molar refractivity (Wildman–Crippen MR) is 125 cm³/mol. The van der Waals surface area contributed by atoms with Gasteiger partial charge in [-0.1, -0.05) is 31.1 Å². The Hall–Kier alpha value is -1.90. The molecule has 2 fully saturated rings. The lowest BCUT2D eigenvalue weighted by molar-refractivity contribution is 0.146. The minimum Gasteiger partial charge on any atom is -0.384 e. The molecule has 0 amide bonds. The second-order valence-corrected chi connectivity index (χ2v) is 12.0. The van der Waals surface area contributed by atoms with Crippen molar-refractivity contribution in [2.45, 2.75) is 57.3 Å². The average molecular weight is 462 g/mol. The molecule has 1 spiro atoms. The summed E-state index contributed by atoms with van der Waals surface area (Å²) in [6.45, 7) is 11.5. The molecule has 0 aliphatic carbocycles. The summed E-state index contributed by atoms with van der Waals surface area (Å²) in [6, 6.07) is 8.84. The van der Waals surface area contributed by atoms with Crippen molar-refractivity contribution in [3.63, 3.8) is 0 Å². The summed E-state index contributed by atoms with van der Waals surface area (Å²) in [5, 5.41) is 3.83. The number of hydrogen-bond acceptors (Lipinski definition) is 6.